The predicted molar refractivity (Wildman–Crippen MR) is 107 cm³/mol. The summed E-state index contributed by atoms with van der Waals surface area (Å²) in [6.45, 7) is 11.0. The van der Waals surface area contributed by atoms with E-state index in [0.717, 1.165) is 25.3 Å². The van der Waals surface area contributed by atoms with Crippen molar-refractivity contribution in [3.05, 3.63) is 29.3 Å². The minimum Gasteiger partial charge on any atom is -0.444 e. The molecule has 0 saturated carbocycles. The molecule has 2 saturated heterocycles. The highest BCUT2D eigenvalue weighted by molar-refractivity contribution is 5.69. The Morgan fingerprint density at radius 2 is 2.07 bits per heavy atom. The number of alkyl halides is 1. The molecule has 4 atom stereocenters. The lowest BCUT2D eigenvalue weighted by molar-refractivity contribution is 0.0283. The number of anilines is 1. The summed E-state index contributed by atoms with van der Waals surface area (Å²) in [4.78, 5) is 16.2. The number of ether oxygens (including phenoxy) is 1. The van der Waals surface area contributed by atoms with Crippen molar-refractivity contribution in [2.75, 3.05) is 31.5 Å². The van der Waals surface area contributed by atoms with Crippen LogP contribution in [0.5, 0.6) is 0 Å². The van der Waals surface area contributed by atoms with Gasteiger partial charge in [0.15, 0.2) is 0 Å². The van der Waals surface area contributed by atoms with E-state index in [2.05, 4.69) is 34.6 Å². The molecule has 2 fully saturated rings. The molecule has 0 aliphatic carbocycles. The third-order valence-electron chi connectivity index (χ3n) is 5.85. The Bertz CT molecular complexity index is 750. The van der Waals surface area contributed by atoms with Crippen molar-refractivity contribution < 1.29 is 13.9 Å². The summed E-state index contributed by atoms with van der Waals surface area (Å²) in [5, 5.41) is 6.80. The summed E-state index contributed by atoms with van der Waals surface area (Å²) in [5.41, 5.74) is 3.01. The molecule has 0 aromatic heterocycles. The van der Waals surface area contributed by atoms with Gasteiger partial charge in [-0.15, -0.1) is 0 Å². The summed E-state index contributed by atoms with van der Waals surface area (Å²) in [6, 6.07) is 6.85. The summed E-state index contributed by atoms with van der Waals surface area (Å²) < 4.78 is 19.9. The molecule has 3 heterocycles. The lowest BCUT2D eigenvalue weighted by atomic mass is 10.0. The normalized spacial score (nSPS) is 30.1. The maximum absolute atomic E-state index is 14.6. The van der Waals surface area contributed by atoms with Crippen LogP contribution in [0.4, 0.5) is 14.9 Å². The van der Waals surface area contributed by atoms with Crippen molar-refractivity contribution in [1.82, 2.24) is 15.1 Å². The fourth-order valence-corrected chi connectivity index (χ4v) is 4.47. The van der Waals surface area contributed by atoms with E-state index < -0.39 is 23.9 Å². The van der Waals surface area contributed by atoms with Gasteiger partial charge in [0.1, 0.15) is 11.8 Å². The van der Waals surface area contributed by atoms with Crippen molar-refractivity contribution in [3.8, 4) is 0 Å². The van der Waals surface area contributed by atoms with Crippen LogP contribution in [0, 0.1) is 0 Å². The van der Waals surface area contributed by atoms with Crippen LogP contribution in [0.25, 0.3) is 0 Å². The summed E-state index contributed by atoms with van der Waals surface area (Å²) in [7, 11) is 0. The van der Waals surface area contributed by atoms with Gasteiger partial charge in [-0.3, -0.25) is 4.90 Å². The number of hydrogen-bond acceptors (Lipinski definition) is 5. The molecule has 1 amide bonds. The van der Waals surface area contributed by atoms with E-state index in [0.29, 0.717) is 18.6 Å². The summed E-state index contributed by atoms with van der Waals surface area (Å²) in [6.07, 6.45) is -1.57. The van der Waals surface area contributed by atoms with Crippen LogP contribution in [0.3, 0.4) is 0 Å². The SMILES string of the molecule is C[C@@H]1CNC[C@@H]2c3ccc(N[C@H]4CN(C(=O)OC(C)(C)C)C[C@H]4F)cc3CN12. The second-order valence-corrected chi connectivity index (χ2v) is 9.26. The van der Waals surface area contributed by atoms with Gasteiger partial charge in [0.25, 0.3) is 0 Å². The fraction of sp³-hybridized carbons (Fsp3) is 0.667. The molecule has 4 rings (SSSR count). The van der Waals surface area contributed by atoms with Gasteiger partial charge >= 0.3 is 6.09 Å². The van der Waals surface area contributed by atoms with Gasteiger partial charge < -0.3 is 20.3 Å². The third kappa shape index (κ3) is 3.82. The first kappa shape index (κ1) is 19.5. The first-order valence-electron chi connectivity index (χ1n) is 10.2. The second-order valence-electron chi connectivity index (χ2n) is 9.26. The van der Waals surface area contributed by atoms with Gasteiger partial charge in [-0.2, -0.15) is 0 Å². The molecule has 0 spiro atoms. The third-order valence-corrected chi connectivity index (χ3v) is 5.85. The summed E-state index contributed by atoms with van der Waals surface area (Å²) in [5.74, 6) is 0. The number of benzene rings is 1. The number of carbonyl (C=O) groups is 1. The largest absolute Gasteiger partial charge is 0.444 e. The first-order chi connectivity index (χ1) is 13.2. The number of nitrogens with zero attached hydrogens (tertiary/aromatic N) is 2. The minimum atomic E-state index is -1.11. The number of likely N-dealkylation sites (tertiary alicyclic amines) is 1. The van der Waals surface area contributed by atoms with Gasteiger partial charge in [0.05, 0.1) is 12.6 Å². The van der Waals surface area contributed by atoms with E-state index in [4.69, 9.17) is 4.74 Å². The van der Waals surface area contributed by atoms with Crippen LogP contribution in [-0.2, 0) is 11.3 Å². The number of rotatable bonds is 2. The molecule has 0 bridgehead atoms. The average Bonchev–Trinajstić information content (AvgIpc) is 3.15. The molecule has 7 heteroatoms. The predicted octanol–water partition coefficient (Wildman–Crippen LogP) is 2.90. The molecular weight excluding hydrogens is 359 g/mol. The molecule has 28 heavy (non-hydrogen) atoms. The van der Waals surface area contributed by atoms with Crippen molar-refractivity contribution in [2.45, 2.75) is 64.1 Å². The zero-order chi connectivity index (χ0) is 20.1. The number of piperazine rings is 1. The Hall–Kier alpha value is -1.86. The van der Waals surface area contributed by atoms with E-state index in [1.54, 1.807) is 0 Å². The number of nitrogens with one attached hydrogen (secondary N) is 2. The van der Waals surface area contributed by atoms with Crippen LogP contribution >= 0.6 is 0 Å². The molecule has 3 aliphatic heterocycles. The van der Waals surface area contributed by atoms with E-state index in [9.17, 15) is 9.18 Å². The zero-order valence-electron chi connectivity index (χ0n) is 17.2. The highest BCUT2D eigenvalue weighted by Gasteiger charge is 2.38. The smallest absolute Gasteiger partial charge is 0.410 e. The quantitative estimate of drug-likeness (QED) is 0.813. The van der Waals surface area contributed by atoms with Crippen LogP contribution in [-0.4, -0.2) is 65.9 Å². The first-order valence-corrected chi connectivity index (χ1v) is 10.2. The molecule has 0 unspecified atom stereocenters. The standard InChI is InChI=1S/C21H31FN4O2/c1-13-8-23-9-19-16-6-5-15(7-14(16)10-26(13)19)24-18-12-25(11-17(18)22)20(27)28-21(2,3)4/h5-7,13,17-19,23-24H,8-12H2,1-4H3/t13-,17-,18+,19-/m1/s1. The highest BCUT2D eigenvalue weighted by atomic mass is 19.1. The zero-order valence-corrected chi connectivity index (χ0v) is 17.2. The summed E-state index contributed by atoms with van der Waals surface area (Å²) >= 11 is 0. The van der Waals surface area contributed by atoms with Crippen molar-refractivity contribution in [3.63, 3.8) is 0 Å². The molecule has 3 aliphatic rings. The van der Waals surface area contributed by atoms with Crippen LogP contribution in [0.1, 0.15) is 44.9 Å². The number of amides is 1. The monoisotopic (exact) mass is 390 g/mol. The molecule has 6 nitrogen and oxygen atoms in total. The second kappa shape index (κ2) is 7.19. The van der Waals surface area contributed by atoms with E-state index >= 15 is 0 Å². The Kier molecular flexibility index (Phi) is 5.00. The Labute approximate surface area is 166 Å². The van der Waals surface area contributed by atoms with Crippen molar-refractivity contribution in [2.24, 2.45) is 0 Å². The average molecular weight is 391 g/mol. The van der Waals surface area contributed by atoms with Crippen LogP contribution in [0.15, 0.2) is 18.2 Å². The van der Waals surface area contributed by atoms with Gasteiger partial charge in [-0.1, -0.05) is 6.07 Å². The van der Waals surface area contributed by atoms with E-state index in [1.165, 1.54) is 16.0 Å². The lowest BCUT2D eigenvalue weighted by Crippen LogP contribution is -2.48. The molecule has 2 N–H and O–H groups in total. The lowest BCUT2D eigenvalue weighted by Gasteiger charge is -2.36. The maximum atomic E-state index is 14.6. The molecule has 0 radical (unpaired) electrons. The van der Waals surface area contributed by atoms with Gasteiger partial charge in [-0.25, -0.2) is 9.18 Å². The number of halogens is 1. The fourth-order valence-electron chi connectivity index (χ4n) is 4.47. The van der Waals surface area contributed by atoms with E-state index in [1.807, 2.05) is 26.8 Å². The van der Waals surface area contributed by atoms with Crippen LogP contribution < -0.4 is 10.6 Å². The Balaban J connectivity index is 1.42. The topological polar surface area (TPSA) is 56.8 Å². The molecule has 1 aromatic carbocycles. The number of hydrogen-bond donors (Lipinski definition) is 2. The Morgan fingerprint density at radius 3 is 2.82 bits per heavy atom. The molecule has 1 aromatic rings. The Morgan fingerprint density at radius 1 is 1.29 bits per heavy atom. The number of carbonyl (C=O) groups excluding carboxylic acids is 1. The van der Waals surface area contributed by atoms with E-state index in [-0.39, 0.29) is 6.54 Å². The maximum Gasteiger partial charge on any atom is 0.410 e. The van der Waals surface area contributed by atoms with Crippen molar-refractivity contribution in [1.29, 1.82) is 0 Å². The molecular formula is C21H31FN4O2. The van der Waals surface area contributed by atoms with Crippen LogP contribution in [0.2, 0.25) is 0 Å². The number of fused-ring (bicyclic) bond motifs is 3. The highest BCUT2D eigenvalue weighted by Crippen LogP contribution is 2.38. The van der Waals surface area contributed by atoms with Crippen molar-refractivity contribution >= 4 is 11.8 Å². The van der Waals surface area contributed by atoms with Gasteiger partial charge in [-0.05, 0) is 51.0 Å². The van der Waals surface area contributed by atoms with Gasteiger partial charge in [0, 0.05) is 44.0 Å². The minimum absolute atomic E-state index is 0.0660. The van der Waals surface area contributed by atoms with Gasteiger partial charge in [0.2, 0.25) is 0 Å². The molecule has 154 valence electrons.